The van der Waals surface area contributed by atoms with Crippen LogP contribution in [0.5, 0.6) is 0 Å². The lowest BCUT2D eigenvalue weighted by Crippen LogP contribution is -2.50. The van der Waals surface area contributed by atoms with E-state index in [0.717, 1.165) is 43.6 Å². The maximum absolute atomic E-state index is 7.54. The lowest BCUT2D eigenvalue weighted by molar-refractivity contribution is -0.272. The highest BCUT2D eigenvalue weighted by Gasteiger charge is 2.68. The quantitative estimate of drug-likeness (QED) is 0.322. The summed E-state index contributed by atoms with van der Waals surface area (Å²) in [4.78, 5) is 3.93. The first-order valence-electron chi connectivity index (χ1n) is 13.2. The second kappa shape index (κ2) is 6.83. The molecule has 0 amide bonds. The van der Waals surface area contributed by atoms with Gasteiger partial charge in [-0.05, 0) is 78.9 Å². The Bertz CT molecular complexity index is 819. The van der Waals surface area contributed by atoms with Crippen LogP contribution in [0, 0.1) is 52.9 Å². The molecule has 0 aromatic carbocycles. The van der Waals surface area contributed by atoms with Crippen molar-refractivity contribution in [3.05, 3.63) is 23.1 Å². The fourth-order valence-electron chi connectivity index (χ4n) is 9.64. The van der Waals surface area contributed by atoms with Crippen LogP contribution in [0.2, 0.25) is 0 Å². The highest BCUT2D eigenvalue weighted by molar-refractivity contribution is 5.30. The van der Waals surface area contributed by atoms with Gasteiger partial charge in [0.05, 0.1) is 12.7 Å². The number of nitrogens with zero attached hydrogens (tertiary/aromatic N) is 1. The monoisotopic (exact) mass is 423 g/mol. The molecule has 6 rings (SSSR count). The molecular formula is C28H41NO2. The second-order valence-corrected chi connectivity index (χ2v) is 12.8. The van der Waals surface area contributed by atoms with Crippen LogP contribution in [0.3, 0.4) is 0 Å². The van der Waals surface area contributed by atoms with E-state index in [1.807, 2.05) is 0 Å². The van der Waals surface area contributed by atoms with Crippen molar-refractivity contribution < 1.29 is 9.47 Å². The summed E-state index contributed by atoms with van der Waals surface area (Å²) in [6.07, 6.45) is 14.0. The van der Waals surface area contributed by atoms with E-state index in [-0.39, 0.29) is 11.8 Å². The van der Waals surface area contributed by atoms with Crippen LogP contribution in [0.1, 0.15) is 85.5 Å². The Morgan fingerprint density at radius 3 is 2.65 bits per heavy atom. The van der Waals surface area contributed by atoms with Gasteiger partial charge in [0.2, 0.25) is 6.04 Å². The molecule has 0 aromatic rings. The van der Waals surface area contributed by atoms with E-state index in [4.69, 9.17) is 16.0 Å². The molecule has 0 radical (unpaired) electrons. The number of rotatable bonds is 0. The summed E-state index contributed by atoms with van der Waals surface area (Å²) in [5.41, 5.74) is 2.49. The summed E-state index contributed by atoms with van der Waals surface area (Å²) in [7, 11) is 0. The van der Waals surface area contributed by atoms with Gasteiger partial charge in [-0.3, -0.25) is 0 Å². The maximum Gasteiger partial charge on any atom is 0.224 e. The van der Waals surface area contributed by atoms with Gasteiger partial charge in [0.15, 0.2) is 5.79 Å². The zero-order valence-corrected chi connectivity index (χ0v) is 20.0. The summed E-state index contributed by atoms with van der Waals surface area (Å²) in [6, 6.07) is 0.276. The van der Waals surface area contributed by atoms with Crippen molar-refractivity contribution in [1.29, 1.82) is 0 Å². The summed E-state index contributed by atoms with van der Waals surface area (Å²) in [5.74, 6) is 3.73. The Balaban J connectivity index is 1.29. The largest absolute Gasteiger partial charge is 0.349 e. The molecule has 0 bridgehead atoms. The Kier molecular flexibility index (Phi) is 4.57. The van der Waals surface area contributed by atoms with Crippen molar-refractivity contribution in [3.63, 3.8) is 0 Å². The Labute approximate surface area is 189 Å². The predicted octanol–water partition coefficient (Wildman–Crippen LogP) is 6.64. The van der Waals surface area contributed by atoms with Gasteiger partial charge < -0.3 is 14.3 Å². The highest BCUT2D eigenvalue weighted by Crippen LogP contribution is 2.69. The zero-order chi connectivity index (χ0) is 21.6. The standard InChI is InChI=1S/C28H41NO2/c1-17-8-13-28(30-16-17)18(2)25-24(31-28)15-23-21-7-6-19-14-20(29-5)9-11-26(19,3)22(21)10-12-27(23,25)4/h10,17-21,23-25H,6-9,11-16H2,1-4H3/t17-,18+,19+,20-,21-,23+,24?,25?,26+,27+,28-/m1/s1. The van der Waals surface area contributed by atoms with Gasteiger partial charge in [0.1, 0.15) is 0 Å². The third kappa shape index (κ3) is 2.70. The van der Waals surface area contributed by atoms with Crippen LogP contribution in [-0.4, -0.2) is 24.5 Å². The van der Waals surface area contributed by atoms with Crippen molar-refractivity contribution in [2.45, 2.75) is 103 Å². The first kappa shape index (κ1) is 20.7. The van der Waals surface area contributed by atoms with Gasteiger partial charge >= 0.3 is 0 Å². The molecule has 5 fully saturated rings. The first-order valence-corrected chi connectivity index (χ1v) is 13.2. The van der Waals surface area contributed by atoms with Gasteiger partial charge in [0, 0.05) is 25.2 Å². The van der Waals surface area contributed by atoms with Crippen molar-refractivity contribution in [2.75, 3.05) is 6.61 Å². The Morgan fingerprint density at radius 2 is 1.90 bits per heavy atom. The Hall–Kier alpha value is -0.850. The number of allylic oxidation sites excluding steroid dienone is 2. The molecule has 6 aliphatic rings. The van der Waals surface area contributed by atoms with Crippen molar-refractivity contribution in [3.8, 4) is 0 Å². The lowest BCUT2D eigenvalue weighted by Gasteiger charge is -2.56. The molecule has 1 spiro atoms. The summed E-state index contributed by atoms with van der Waals surface area (Å²) < 4.78 is 13.4. The molecule has 0 aromatic heterocycles. The average Bonchev–Trinajstić information content (AvgIpc) is 3.20. The van der Waals surface area contributed by atoms with E-state index in [0.29, 0.717) is 34.7 Å². The van der Waals surface area contributed by atoms with Crippen molar-refractivity contribution in [1.82, 2.24) is 0 Å². The fraction of sp³-hybridized carbons (Fsp3) is 0.893. The predicted molar refractivity (Wildman–Crippen MR) is 122 cm³/mol. The van der Waals surface area contributed by atoms with E-state index in [1.165, 1.54) is 38.5 Å². The van der Waals surface area contributed by atoms with Crippen LogP contribution >= 0.6 is 0 Å². The third-order valence-corrected chi connectivity index (χ3v) is 11.4. The van der Waals surface area contributed by atoms with Gasteiger partial charge in [-0.15, -0.1) is 0 Å². The summed E-state index contributed by atoms with van der Waals surface area (Å²) in [6.45, 7) is 18.3. The van der Waals surface area contributed by atoms with Gasteiger partial charge in [-0.1, -0.05) is 39.3 Å². The molecule has 31 heavy (non-hydrogen) atoms. The number of hydrogen-bond donors (Lipinski definition) is 0. The average molecular weight is 424 g/mol. The molecule has 2 heterocycles. The molecule has 3 saturated carbocycles. The second-order valence-electron chi connectivity index (χ2n) is 12.8. The first-order chi connectivity index (χ1) is 14.8. The fourth-order valence-corrected chi connectivity index (χ4v) is 9.64. The Morgan fingerprint density at radius 1 is 1.06 bits per heavy atom. The number of ether oxygens (including phenoxy) is 2. The van der Waals surface area contributed by atoms with E-state index in [9.17, 15) is 0 Å². The maximum atomic E-state index is 7.54. The van der Waals surface area contributed by atoms with Crippen LogP contribution in [0.15, 0.2) is 11.6 Å². The summed E-state index contributed by atoms with van der Waals surface area (Å²) >= 11 is 0. The molecular weight excluding hydrogens is 382 g/mol. The van der Waals surface area contributed by atoms with Crippen LogP contribution in [0.25, 0.3) is 4.85 Å². The van der Waals surface area contributed by atoms with E-state index in [1.54, 1.807) is 5.57 Å². The number of hydrogen-bond acceptors (Lipinski definition) is 2. The smallest absolute Gasteiger partial charge is 0.224 e. The minimum Gasteiger partial charge on any atom is -0.349 e. The third-order valence-electron chi connectivity index (χ3n) is 11.4. The summed E-state index contributed by atoms with van der Waals surface area (Å²) in [5, 5.41) is 0. The van der Waals surface area contributed by atoms with Crippen LogP contribution in [-0.2, 0) is 9.47 Å². The highest BCUT2D eigenvalue weighted by atomic mass is 16.7. The van der Waals surface area contributed by atoms with Gasteiger partial charge in [-0.25, -0.2) is 6.57 Å². The molecule has 170 valence electrons. The van der Waals surface area contributed by atoms with Crippen molar-refractivity contribution >= 4 is 0 Å². The molecule has 2 aliphatic heterocycles. The zero-order valence-electron chi connectivity index (χ0n) is 20.0. The van der Waals surface area contributed by atoms with Gasteiger partial charge in [-0.2, -0.15) is 0 Å². The SMILES string of the molecule is [C-]#[N+][C@@H]1CC[C@]2(C)C3=CC[C@]4(C)C5C(C[C@H]4[C@@H]3CC[C@H]2C1)O[C@]1(CC[C@@H](C)CO1)[C@H]5C. The van der Waals surface area contributed by atoms with Gasteiger partial charge in [0.25, 0.3) is 0 Å². The lowest BCUT2D eigenvalue weighted by atomic mass is 9.48. The topological polar surface area (TPSA) is 22.8 Å². The normalized spacial score (nSPS) is 58.0. The van der Waals surface area contributed by atoms with E-state index < -0.39 is 0 Å². The van der Waals surface area contributed by atoms with Crippen LogP contribution in [0.4, 0.5) is 0 Å². The molecule has 2 unspecified atom stereocenters. The molecule has 2 saturated heterocycles. The minimum atomic E-state index is -0.304. The molecule has 4 aliphatic carbocycles. The van der Waals surface area contributed by atoms with E-state index in [2.05, 4.69) is 38.6 Å². The van der Waals surface area contributed by atoms with Crippen molar-refractivity contribution in [2.24, 2.45) is 46.3 Å². The molecule has 3 nitrogen and oxygen atoms in total. The molecule has 11 atom stereocenters. The molecule has 3 heteroatoms. The number of fused-ring (bicyclic) bond motifs is 7. The minimum absolute atomic E-state index is 0.276. The molecule has 0 N–H and O–H groups in total. The van der Waals surface area contributed by atoms with E-state index >= 15 is 0 Å². The van der Waals surface area contributed by atoms with Crippen LogP contribution < -0.4 is 0 Å².